The Morgan fingerprint density at radius 3 is 1.83 bits per heavy atom. The zero-order valence-corrected chi connectivity index (χ0v) is 15.9. The van der Waals surface area contributed by atoms with Crippen molar-refractivity contribution in [2.45, 2.75) is 96.8 Å². The molecule has 0 radical (unpaired) electrons. The molecular formula is C19H41N5. The number of guanidine groups is 1. The average Bonchev–Trinajstić information content (AvgIpc) is 2.60. The zero-order valence-electron chi connectivity index (χ0n) is 15.9. The van der Waals surface area contributed by atoms with Gasteiger partial charge in [-0.3, -0.25) is 5.43 Å². The summed E-state index contributed by atoms with van der Waals surface area (Å²) >= 11 is 0. The second-order valence-corrected chi connectivity index (χ2v) is 6.50. The van der Waals surface area contributed by atoms with Crippen LogP contribution >= 0.6 is 0 Å². The van der Waals surface area contributed by atoms with E-state index < -0.39 is 0 Å². The average molecular weight is 340 g/mol. The maximum Gasteiger partial charge on any atom is 0.225 e. The molecule has 0 heterocycles. The summed E-state index contributed by atoms with van der Waals surface area (Å²) in [6.07, 6.45) is 23.4. The van der Waals surface area contributed by atoms with E-state index in [0.717, 1.165) is 13.0 Å². The Labute approximate surface area is 149 Å². The number of hydrazone groups is 1. The lowest BCUT2D eigenvalue weighted by molar-refractivity contribution is 0.553. The van der Waals surface area contributed by atoms with Crippen LogP contribution in [0.4, 0.5) is 0 Å². The normalized spacial score (nSPS) is 12.1. The van der Waals surface area contributed by atoms with Gasteiger partial charge < -0.3 is 11.6 Å². The number of unbranched alkanes of at least 4 members (excludes halogenated alkanes) is 12. The van der Waals surface area contributed by atoms with Crippen LogP contribution in [0, 0.1) is 0 Å². The Morgan fingerprint density at radius 1 is 0.792 bits per heavy atom. The molecule has 0 aromatic heterocycles. The topological polar surface area (TPSA) is 88.5 Å². The highest BCUT2D eigenvalue weighted by Gasteiger charge is 1.92. The van der Waals surface area contributed by atoms with Crippen LogP contribution in [-0.4, -0.2) is 12.5 Å². The molecule has 0 aromatic rings. The molecule has 0 bridgehead atoms. The van der Waals surface area contributed by atoms with Crippen LogP contribution in [0.25, 0.3) is 0 Å². The molecular weight excluding hydrogens is 298 g/mol. The molecule has 0 aliphatic carbocycles. The number of nitrogens with one attached hydrogen (secondary N) is 2. The molecule has 0 saturated carbocycles. The van der Waals surface area contributed by atoms with Gasteiger partial charge in [0.05, 0.1) is 0 Å². The first-order valence-electron chi connectivity index (χ1n) is 9.98. The highest BCUT2D eigenvalue weighted by atomic mass is 15.4. The Morgan fingerprint density at radius 2 is 1.29 bits per heavy atom. The minimum Gasteiger partial charge on any atom is -0.367 e. The highest BCUT2D eigenvalue weighted by molar-refractivity contribution is 5.76. The van der Waals surface area contributed by atoms with Crippen molar-refractivity contribution in [1.29, 1.82) is 0 Å². The Bertz CT molecular complexity index is 302. The van der Waals surface area contributed by atoms with Crippen molar-refractivity contribution in [2.75, 3.05) is 6.54 Å². The molecule has 0 rings (SSSR count). The van der Waals surface area contributed by atoms with E-state index in [-0.39, 0.29) is 5.96 Å². The summed E-state index contributed by atoms with van der Waals surface area (Å²) in [7, 11) is 0. The van der Waals surface area contributed by atoms with Crippen molar-refractivity contribution in [3.63, 3.8) is 0 Å². The largest absolute Gasteiger partial charge is 0.367 e. The molecule has 24 heavy (non-hydrogen) atoms. The van der Waals surface area contributed by atoms with Crippen LogP contribution in [0.1, 0.15) is 96.8 Å². The summed E-state index contributed by atoms with van der Waals surface area (Å²) in [5.41, 5.74) is 11.1. The molecule has 5 nitrogen and oxygen atoms in total. The standard InChI is InChI=1S/C19H41N5/c1-2-3-4-5-6-7-8-9-10-11-12-13-14-15-16-17-18-22-24-19(20)23-21/h9-10,22H,2-8,11-18,21H2,1H3,(H3,20,23,24)/b10-9-. The summed E-state index contributed by atoms with van der Waals surface area (Å²) in [4.78, 5) is 0. The van der Waals surface area contributed by atoms with Gasteiger partial charge in [0, 0.05) is 6.54 Å². The van der Waals surface area contributed by atoms with Gasteiger partial charge in [-0.25, -0.2) is 5.43 Å². The van der Waals surface area contributed by atoms with Gasteiger partial charge in [0.15, 0.2) is 0 Å². The summed E-state index contributed by atoms with van der Waals surface area (Å²) < 4.78 is 0. The number of nitrogens with two attached hydrogens (primary N) is 2. The number of allylic oxidation sites excluding steroid dienone is 2. The molecule has 0 aromatic carbocycles. The predicted octanol–water partition coefficient (Wildman–Crippen LogP) is 4.31. The molecule has 6 N–H and O–H groups in total. The minimum absolute atomic E-state index is 0.222. The number of nitrogens with zero attached hydrogens (tertiary/aromatic N) is 1. The van der Waals surface area contributed by atoms with Gasteiger partial charge in [0.1, 0.15) is 0 Å². The molecule has 0 atom stereocenters. The third kappa shape index (κ3) is 18.8. The first-order valence-corrected chi connectivity index (χ1v) is 9.98. The lowest BCUT2D eigenvalue weighted by Gasteiger charge is -2.06. The van der Waals surface area contributed by atoms with Crippen molar-refractivity contribution < 1.29 is 0 Å². The minimum atomic E-state index is 0.222. The smallest absolute Gasteiger partial charge is 0.225 e. The van der Waals surface area contributed by atoms with Crippen LogP contribution in [0.15, 0.2) is 17.3 Å². The van der Waals surface area contributed by atoms with E-state index in [0.29, 0.717) is 0 Å². The third-order valence-electron chi connectivity index (χ3n) is 4.17. The molecule has 0 aliphatic heterocycles. The first-order chi connectivity index (χ1) is 11.8. The third-order valence-corrected chi connectivity index (χ3v) is 4.17. The molecule has 0 spiro atoms. The predicted molar refractivity (Wildman–Crippen MR) is 106 cm³/mol. The van der Waals surface area contributed by atoms with Gasteiger partial charge in [-0.2, -0.15) is 0 Å². The summed E-state index contributed by atoms with van der Waals surface area (Å²) in [5.74, 6) is 5.23. The molecule has 0 amide bonds. The van der Waals surface area contributed by atoms with Gasteiger partial charge in [0.2, 0.25) is 5.96 Å². The number of rotatable bonds is 17. The van der Waals surface area contributed by atoms with Crippen molar-refractivity contribution >= 4 is 5.96 Å². The van der Waals surface area contributed by atoms with Gasteiger partial charge in [-0.1, -0.05) is 76.9 Å². The fourth-order valence-corrected chi connectivity index (χ4v) is 2.65. The molecule has 0 saturated heterocycles. The molecule has 0 unspecified atom stereocenters. The monoisotopic (exact) mass is 339 g/mol. The summed E-state index contributed by atoms with van der Waals surface area (Å²) in [6.45, 7) is 3.16. The molecule has 0 fully saturated rings. The highest BCUT2D eigenvalue weighted by Crippen LogP contribution is 2.09. The van der Waals surface area contributed by atoms with Crippen molar-refractivity contribution in [1.82, 2.24) is 10.9 Å². The van der Waals surface area contributed by atoms with Gasteiger partial charge in [0.25, 0.3) is 0 Å². The number of hydrogen-bond acceptors (Lipinski definition) is 3. The Kier molecular flexibility index (Phi) is 18.8. The van der Waals surface area contributed by atoms with E-state index in [4.69, 9.17) is 11.6 Å². The lowest BCUT2D eigenvalue weighted by atomic mass is 10.1. The Balaban J connectivity index is 3.10. The van der Waals surface area contributed by atoms with Crippen LogP contribution in [0.2, 0.25) is 0 Å². The van der Waals surface area contributed by atoms with Crippen LogP contribution in [0.3, 0.4) is 0 Å². The molecule has 142 valence electrons. The summed E-state index contributed by atoms with van der Waals surface area (Å²) in [5, 5.41) is 3.32. The van der Waals surface area contributed by atoms with E-state index in [1.54, 1.807) is 0 Å². The van der Waals surface area contributed by atoms with E-state index in [1.807, 2.05) is 0 Å². The fraction of sp³-hybridized carbons (Fsp3) is 0.842. The van der Waals surface area contributed by atoms with Crippen LogP contribution < -0.4 is 22.4 Å². The van der Waals surface area contributed by atoms with Crippen molar-refractivity contribution in [3.05, 3.63) is 12.2 Å². The maximum atomic E-state index is 5.39. The first kappa shape index (κ1) is 22.8. The number of hydrogen-bond donors (Lipinski definition) is 4. The van der Waals surface area contributed by atoms with E-state index in [1.165, 1.54) is 83.5 Å². The molecule has 5 heteroatoms. The maximum absolute atomic E-state index is 5.39. The van der Waals surface area contributed by atoms with Crippen LogP contribution in [-0.2, 0) is 0 Å². The lowest BCUT2D eigenvalue weighted by Crippen LogP contribution is -2.43. The Hall–Kier alpha value is -1.23. The van der Waals surface area contributed by atoms with Crippen LogP contribution in [0.5, 0.6) is 0 Å². The number of hydrazine groups is 1. The molecule has 0 aliphatic rings. The summed E-state index contributed by atoms with van der Waals surface area (Å²) in [6, 6.07) is 0. The van der Waals surface area contributed by atoms with Crippen molar-refractivity contribution in [3.8, 4) is 0 Å². The quantitative estimate of drug-likeness (QED) is 0.0794. The van der Waals surface area contributed by atoms with E-state index in [2.05, 4.69) is 35.0 Å². The fourth-order valence-electron chi connectivity index (χ4n) is 2.65. The van der Waals surface area contributed by atoms with Gasteiger partial charge in [-0.05, 0) is 32.1 Å². The van der Waals surface area contributed by atoms with E-state index >= 15 is 0 Å². The van der Waals surface area contributed by atoms with Crippen molar-refractivity contribution in [2.24, 2.45) is 16.7 Å². The van der Waals surface area contributed by atoms with E-state index in [9.17, 15) is 0 Å². The second kappa shape index (κ2) is 19.8. The van der Waals surface area contributed by atoms with Gasteiger partial charge >= 0.3 is 0 Å². The second-order valence-electron chi connectivity index (χ2n) is 6.50. The van der Waals surface area contributed by atoms with Gasteiger partial charge in [-0.15, -0.1) is 5.10 Å². The SMILES string of the molecule is CCCCCCCC/C=C\CCCCCCCCNNC(N)=NN. The zero-order chi connectivity index (χ0) is 17.7.